The molecule has 1 saturated heterocycles. The van der Waals surface area contributed by atoms with Gasteiger partial charge in [-0.25, -0.2) is 9.59 Å². The highest BCUT2D eigenvalue weighted by Crippen LogP contribution is 2.51. The summed E-state index contributed by atoms with van der Waals surface area (Å²) in [5.41, 5.74) is 1.65. The van der Waals surface area contributed by atoms with Gasteiger partial charge < -0.3 is 18.9 Å². The number of nitrogens with zero attached hydrogens (tertiary/aromatic N) is 2. The normalized spacial score (nSPS) is 22.2. The maximum atomic E-state index is 12.7. The van der Waals surface area contributed by atoms with Gasteiger partial charge in [-0.1, -0.05) is 0 Å². The standard InChI is InChI=1S/C20H18N2O6/c1-25-11-3-5-13-15(9-11)27-19(23)21-7-8-22-18(17(13)21)14-6-4-12(26-2)10-16(14)28-20(22)24/h3-6,9-10,17-18H,7-8H2,1-2H3/t17-,18-/m1/s1. The van der Waals surface area contributed by atoms with E-state index in [0.29, 0.717) is 36.1 Å². The Bertz CT molecular complexity index is 911. The van der Waals surface area contributed by atoms with Gasteiger partial charge in [0.15, 0.2) is 0 Å². The Morgan fingerprint density at radius 3 is 1.61 bits per heavy atom. The van der Waals surface area contributed by atoms with Gasteiger partial charge in [-0.15, -0.1) is 0 Å². The van der Waals surface area contributed by atoms with E-state index >= 15 is 0 Å². The molecule has 2 atom stereocenters. The van der Waals surface area contributed by atoms with E-state index in [4.69, 9.17) is 18.9 Å². The first-order valence-electron chi connectivity index (χ1n) is 8.93. The summed E-state index contributed by atoms with van der Waals surface area (Å²) in [6.07, 6.45) is -0.862. The number of benzene rings is 2. The van der Waals surface area contributed by atoms with Crippen LogP contribution in [0.3, 0.4) is 0 Å². The van der Waals surface area contributed by atoms with Crippen LogP contribution in [0.5, 0.6) is 23.0 Å². The molecule has 0 spiro atoms. The molecule has 0 aromatic heterocycles. The van der Waals surface area contributed by atoms with Crippen LogP contribution in [0.2, 0.25) is 0 Å². The number of amides is 2. The number of fused-ring (bicyclic) bond motifs is 7. The maximum absolute atomic E-state index is 12.7. The van der Waals surface area contributed by atoms with Crippen LogP contribution in [0.25, 0.3) is 0 Å². The van der Waals surface area contributed by atoms with Gasteiger partial charge in [-0.3, -0.25) is 9.80 Å². The van der Waals surface area contributed by atoms with Crippen molar-refractivity contribution in [1.82, 2.24) is 9.80 Å². The molecule has 0 saturated carbocycles. The number of hydrogen-bond acceptors (Lipinski definition) is 6. The number of carbonyl (C=O) groups is 2. The summed E-state index contributed by atoms with van der Waals surface area (Å²) < 4.78 is 21.6. The largest absolute Gasteiger partial charge is 0.497 e. The Balaban J connectivity index is 1.68. The first kappa shape index (κ1) is 16.7. The van der Waals surface area contributed by atoms with Crippen molar-refractivity contribution < 1.29 is 28.5 Å². The van der Waals surface area contributed by atoms with Crippen LogP contribution in [0.15, 0.2) is 36.4 Å². The van der Waals surface area contributed by atoms with E-state index in [2.05, 4.69) is 0 Å². The summed E-state index contributed by atoms with van der Waals surface area (Å²) in [4.78, 5) is 28.7. The van der Waals surface area contributed by atoms with E-state index < -0.39 is 12.2 Å². The van der Waals surface area contributed by atoms with Crippen LogP contribution in [0.4, 0.5) is 9.59 Å². The van der Waals surface area contributed by atoms with Crippen molar-refractivity contribution in [3.05, 3.63) is 47.5 Å². The van der Waals surface area contributed by atoms with Gasteiger partial charge in [0.2, 0.25) is 0 Å². The Hall–Kier alpha value is -3.42. The van der Waals surface area contributed by atoms with Crippen LogP contribution >= 0.6 is 0 Å². The van der Waals surface area contributed by atoms with Crippen molar-refractivity contribution in [1.29, 1.82) is 0 Å². The van der Waals surface area contributed by atoms with Gasteiger partial charge in [-0.05, 0) is 24.3 Å². The molecule has 8 heteroatoms. The second-order valence-corrected chi connectivity index (χ2v) is 6.82. The minimum atomic E-state index is -0.431. The molecular weight excluding hydrogens is 364 g/mol. The molecule has 144 valence electrons. The maximum Gasteiger partial charge on any atom is 0.415 e. The molecule has 0 radical (unpaired) electrons. The van der Waals surface area contributed by atoms with E-state index in [1.165, 1.54) is 0 Å². The van der Waals surface area contributed by atoms with Crippen molar-refractivity contribution in [2.75, 3.05) is 27.3 Å². The predicted molar refractivity (Wildman–Crippen MR) is 96.9 cm³/mol. The topological polar surface area (TPSA) is 77.5 Å². The Morgan fingerprint density at radius 1 is 0.786 bits per heavy atom. The number of hydrogen-bond donors (Lipinski definition) is 0. The monoisotopic (exact) mass is 382 g/mol. The second-order valence-electron chi connectivity index (χ2n) is 6.82. The van der Waals surface area contributed by atoms with Gasteiger partial charge in [-0.2, -0.15) is 0 Å². The lowest BCUT2D eigenvalue weighted by molar-refractivity contribution is 0.0117. The van der Waals surface area contributed by atoms with Crippen molar-refractivity contribution >= 4 is 12.2 Å². The molecule has 0 N–H and O–H groups in total. The highest BCUT2D eigenvalue weighted by atomic mass is 16.6. The number of methoxy groups -OCH3 is 2. The average Bonchev–Trinajstić information content (AvgIpc) is 2.72. The predicted octanol–water partition coefficient (Wildman–Crippen LogP) is 3.13. The number of ether oxygens (including phenoxy) is 4. The van der Waals surface area contributed by atoms with E-state index in [1.54, 1.807) is 36.2 Å². The molecule has 3 aliphatic rings. The highest BCUT2D eigenvalue weighted by molar-refractivity contribution is 5.79. The van der Waals surface area contributed by atoms with E-state index in [0.717, 1.165) is 11.1 Å². The summed E-state index contributed by atoms with van der Waals surface area (Å²) in [6.45, 7) is 0.734. The van der Waals surface area contributed by atoms with Crippen molar-refractivity contribution in [3.8, 4) is 23.0 Å². The Kier molecular flexibility index (Phi) is 3.61. The molecule has 2 amide bonds. The van der Waals surface area contributed by atoms with Gasteiger partial charge >= 0.3 is 12.2 Å². The fourth-order valence-corrected chi connectivity index (χ4v) is 4.17. The second kappa shape index (κ2) is 6.05. The minimum Gasteiger partial charge on any atom is -0.497 e. The van der Waals surface area contributed by atoms with Gasteiger partial charge in [0.1, 0.15) is 23.0 Å². The van der Waals surface area contributed by atoms with Crippen LogP contribution in [-0.2, 0) is 0 Å². The minimum absolute atomic E-state index is 0.367. The Morgan fingerprint density at radius 2 is 1.21 bits per heavy atom. The fraction of sp³-hybridized carbons (Fsp3) is 0.300. The Labute approximate surface area is 161 Å². The molecule has 3 heterocycles. The lowest BCUT2D eigenvalue weighted by atomic mass is 9.86. The molecule has 8 nitrogen and oxygen atoms in total. The molecule has 0 unspecified atom stereocenters. The average molecular weight is 382 g/mol. The van der Waals surface area contributed by atoms with Crippen LogP contribution in [0.1, 0.15) is 23.2 Å². The lowest BCUT2D eigenvalue weighted by Crippen LogP contribution is -2.58. The van der Waals surface area contributed by atoms with Gasteiger partial charge in [0, 0.05) is 36.3 Å². The summed E-state index contributed by atoms with van der Waals surface area (Å²) in [6, 6.07) is 10.0. The molecule has 2 aromatic rings. The van der Waals surface area contributed by atoms with Crippen molar-refractivity contribution in [2.45, 2.75) is 12.1 Å². The molecule has 0 bridgehead atoms. The molecule has 28 heavy (non-hydrogen) atoms. The van der Waals surface area contributed by atoms with E-state index in [-0.39, 0.29) is 12.1 Å². The van der Waals surface area contributed by atoms with E-state index in [1.807, 2.05) is 24.3 Å². The van der Waals surface area contributed by atoms with Gasteiger partial charge in [0.25, 0.3) is 0 Å². The number of piperazine rings is 1. The van der Waals surface area contributed by atoms with Crippen molar-refractivity contribution in [2.24, 2.45) is 0 Å². The first-order chi connectivity index (χ1) is 13.6. The SMILES string of the molecule is COc1ccc2c(c1)OC(=O)N1CCN3C(=O)Oc4cc(OC)ccc4[C@@H]3[C@@H]21. The van der Waals surface area contributed by atoms with Crippen LogP contribution in [-0.4, -0.2) is 49.3 Å². The zero-order valence-electron chi connectivity index (χ0n) is 15.4. The summed E-state index contributed by atoms with van der Waals surface area (Å²) in [5.74, 6) is 2.09. The summed E-state index contributed by atoms with van der Waals surface area (Å²) in [7, 11) is 3.11. The third-order valence-electron chi connectivity index (χ3n) is 5.49. The number of carbonyl (C=O) groups excluding carboxylic acids is 2. The van der Waals surface area contributed by atoms with Crippen LogP contribution in [0, 0.1) is 0 Å². The summed E-state index contributed by atoms with van der Waals surface area (Å²) in [5, 5.41) is 0. The van der Waals surface area contributed by atoms with Crippen molar-refractivity contribution in [3.63, 3.8) is 0 Å². The fourth-order valence-electron chi connectivity index (χ4n) is 4.17. The smallest absolute Gasteiger partial charge is 0.415 e. The summed E-state index contributed by atoms with van der Waals surface area (Å²) >= 11 is 0. The zero-order valence-corrected chi connectivity index (χ0v) is 15.4. The molecule has 5 rings (SSSR count). The quantitative estimate of drug-likeness (QED) is 0.794. The molecule has 1 fully saturated rings. The first-order valence-corrected chi connectivity index (χ1v) is 8.93. The van der Waals surface area contributed by atoms with E-state index in [9.17, 15) is 9.59 Å². The molecule has 0 aliphatic carbocycles. The molecular formula is C20H18N2O6. The van der Waals surface area contributed by atoms with Crippen LogP contribution < -0.4 is 18.9 Å². The molecule has 3 aliphatic heterocycles. The number of rotatable bonds is 2. The highest BCUT2D eigenvalue weighted by Gasteiger charge is 2.50. The lowest BCUT2D eigenvalue weighted by Gasteiger charge is -2.50. The third kappa shape index (κ3) is 2.30. The zero-order chi connectivity index (χ0) is 19.4. The third-order valence-corrected chi connectivity index (χ3v) is 5.49. The van der Waals surface area contributed by atoms with Gasteiger partial charge in [0.05, 0.1) is 26.3 Å². The molecule has 2 aromatic carbocycles.